The molecule has 0 saturated heterocycles. The summed E-state index contributed by atoms with van der Waals surface area (Å²) in [5, 5.41) is 7.80. The zero-order valence-electron chi connectivity index (χ0n) is 20.7. The van der Waals surface area contributed by atoms with Crippen LogP contribution >= 0.6 is 23.2 Å². The molecule has 0 spiro atoms. The van der Waals surface area contributed by atoms with Gasteiger partial charge in [0.2, 0.25) is 5.91 Å². The Morgan fingerprint density at radius 3 is 2.50 bits per heavy atom. The minimum absolute atomic E-state index is 0.168. The van der Waals surface area contributed by atoms with Crippen LogP contribution < -0.4 is 20.2 Å². The molecule has 7 nitrogen and oxygen atoms in total. The van der Waals surface area contributed by atoms with E-state index in [9.17, 15) is 9.59 Å². The van der Waals surface area contributed by atoms with Crippen molar-refractivity contribution in [3.63, 3.8) is 0 Å². The molecule has 0 unspecified atom stereocenters. The van der Waals surface area contributed by atoms with Gasteiger partial charge in [-0.25, -0.2) is 5.43 Å². The first-order valence-corrected chi connectivity index (χ1v) is 12.8. The number of carbonyl (C=O) groups excluding carboxylic acids is 2. The molecule has 9 heteroatoms. The Kier molecular flexibility index (Phi) is 11.7. The summed E-state index contributed by atoms with van der Waals surface area (Å²) in [6.07, 6.45) is 4.05. The van der Waals surface area contributed by atoms with E-state index in [1.165, 1.54) is 6.21 Å². The summed E-state index contributed by atoms with van der Waals surface area (Å²) in [5.41, 5.74) is 4.13. The lowest BCUT2D eigenvalue weighted by atomic mass is 10.1. The minimum atomic E-state index is -0.819. The third kappa shape index (κ3) is 9.57. The number of hydrazone groups is 1. The lowest BCUT2D eigenvalue weighted by Crippen LogP contribution is -2.46. The maximum atomic E-state index is 13.0. The van der Waals surface area contributed by atoms with Crippen LogP contribution in [0.2, 0.25) is 10.0 Å². The molecule has 3 aromatic rings. The summed E-state index contributed by atoms with van der Waals surface area (Å²) in [4.78, 5) is 25.6. The SMILES string of the molecule is C=CCOc1ccccc1/C=N\NC(=O)[C@@H](Cc1ccccc1)NC(=O)CCCOc1ccc(Cl)cc1Cl. The second-order valence-electron chi connectivity index (χ2n) is 8.21. The van der Waals surface area contributed by atoms with Gasteiger partial charge in [-0.3, -0.25) is 9.59 Å². The molecule has 0 heterocycles. The Hall–Kier alpha value is -3.81. The van der Waals surface area contributed by atoms with E-state index in [1.54, 1.807) is 30.3 Å². The number of hydrogen-bond acceptors (Lipinski definition) is 5. The number of amides is 2. The van der Waals surface area contributed by atoms with Gasteiger partial charge in [0.1, 0.15) is 24.1 Å². The largest absolute Gasteiger partial charge is 0.492 e. The monoisotopic (exact) mass is 553 g/mol. The Morgan fingerprint density at radius 1 is 0.974 bits per heavy atom. The predicted octanol–water partition coefficient (Wildman–Crippen LogP) is 5.60. The van der Waals surface area contributed by atoms with Crippen LogP contribution in [0.3, 0.4) is 0 Å². The molecule has 3 rings (SSSR count). The summed E-state index contributed by atoms with van der Waals surface area (Å²) >= 11 is 12.0. The van der Waals surface area contributed by atoms with Gasteiger partial charge in [0.05, 0.1) is 17.8 Å². The molecule has 2 N–H and O–H groups in total. The van der Waals surface area contributed by atoms with Crippen molar-refractivity contribution < 1.29 is 19.1 Å². The van der Waals surface area contributed by atoms with Crippen molar-refractivity contribution in [3.05, 3.63) is 107 Å². The average molecular weight is 554 g/mol. The topological polar surface area (TPSA) is 89.0 Å². The number of nitrogens with one attached hydrogen (secondary N) is 2. The Balaban J connectivity index is 1.57. The average Bonchev–Trinajstić information content (AvgIpc) is 2.91. The van der Waals surface area contributed by atoms with Gasteiger partial charge in [0.15, 0.2) is 0 Å². The fourth-order valence-corrected chi connectivity index (χ4v) is 3.91. The van der Waals surface area contributed by atoms with Crippen molar-refractivity contribution in [1.82, 2.24) is 10.7 Å². The lowest BCUT2D eigenvalue weighted by Gasteiger charge is -2.17. The van der Waals surface area contributed by atoms with E-state index in [-0.39, 0.29) is 18.9 Å². The second-order valence-corrected chi connectivity index (χ2v) is 9.05. The van der Waals surface area contributed by atoms with Crippen molar-refractivity contribution in [2.45, 2.75) is 25.3 Å². The van der Waals surface area contributed by atoms with E-state index in [0.717, 1.165) is 5.56 Å². The molecule has 198 valence electrons. The molecule has 0 radical (unpaired) electrons. The van der Waals surface area contributed by atoms with Crippen LogP contribution in [0.1, 0.15) is 24.0 Å². The fourth-order valence-electron chi connectivity index (χ4n) is 3.44. The molecule has 0 aliphatic rings. The number of nitrogens with zero attached hydrogens (tertiary/aromatic N) is 1. The second kappa shape index (κ2) is 15.4. The van der Waals surface area contributed by atoms with E-state index in [4.69, 9.17) is 32.7 Å². The third-order valence-corrected chi connectivity index (χ3v) is 5.82. The zero-order valence-corrected chi connectivity index (χ0v) is 22.3. The van der Waals surface area contributed by atoms with Crippen molar-refractivity contribution in [2.24, 2.45) is 5.10 Å². The van der Waals surface area contributed by atoms with Crippen LogP contribution in [0.25, 0.3) is 0 Å². The maximum absolute atomic E-state index is 13.0. The smallest absolute Gasteiger partial charge is 0.262 e. The predicted molar refractivity (Wildman–Crippen MR) is 151 cm³/mol. The lowest BCUT2D eigenvalue weighted by molar-refractivity contribution is -0.129. The van der Waals surface area contributed by atoms with E-state index < -0.39 is 11.9 Å². The Labute approximate surface area is 232 Å². The molecular weight excluding hydrogens is 525 g/mol. The number of benzene rings is 3. The number of hydrogen-bond donors (Lipinski definition) is 2. The summed E-state index contributed by atoms with van der Waals surface area (Å²) in [6, 6.07) is 20.9. The summed E-state index contributed by atoms with van der Waals surface area (Å²) in [6.45, 7) is 4.27. The minimum Gasteiger partial charge on any atom is -0.492 e. The number of carbonyl (C=O) groups is 2. The Morgan fingerprint density at radius 2 is 1.74 bits per heavy atom. The van der Waals surface area contributed by atoms with Crippen molar-refractivity contribution in [1.29, 1.82) is 0 Å². The third-order valence-electron chi connectivity index (χ3n) is 5.29. The first kappa shape index (κ1) is 28.8. The van der Waals surface area contributed by atoms with Crippen molar-refractivity contribution >= 4 is 41.2 Å². The van der Waals surface area contributed by atoms with Crippen LogP contribution in [0.5, 0.6) is 11.5 Å². The number of halogens is 2. The first-order valence-electron chi connectivity index (χ1n) is 12.0. The highest BCUT2D eigenvalue weighted by molar-refractivity contribution is 6.35. The van der Waals surface area contributed by atoms with Gasteiger partial charge in [-0.05, 0) is 42.3 Å². The van der Waals surface area contributed by atoms with E-state index in [2.05, 4.69) is 22.4 Å². The van der Waals surface area contributed by atoms with Gasteiger partial charge in [-0.2, -0.15) is 5.10 Å². The van der Waals surface area contributed by atoms with Gasteiger partial charge < -0.3 is 14.8 Å². The molecule has 0 aliphatic carbocycles. The normalized spacial score (nSPS) is 11.5. The van der Waals surface area contributed by atoms with Gasteiger partial charge >= 0.3 is 0 Å². The van der Waals surface area contributed by atoms with Gasteiger partial charge in [0.25, 0.3) is 5.91 Å². The molecule has 0 fully saturated rings. The van der Waals surface area contributed by atoms with E-state index in [0.29, 0.717) is 46.6 Å². The molecular formula is C29H29Cl2N3O4. The number of ether oxygens (including phenoxy) is 2. The highest BCUT2D eigenvalue weighted by atomic mass is 35.5. The van der Waals surface area contributed by atoms with Crippen LogP contribution in [-0.4, -0.2) is 37.3 Å². The molecule has 1 atom stereocenters. The Bertz CT molecular complexity index is 1250. The molecule has 3 aromatic carbocycles. The highest BCUT2D eigenvalue weighted by Crippen LogP contribution is 2.27. The van der Waals surface area contributed by atoms with Crippen molar-refractivity contribution in [2.75, 3.05) is 13.2 Å². The molecule has 0 saturated carbocycles. The van der Waals surface area contributed by atoms with Crippen molar-refractivity contribution in [3.8, 4) is 11.5 Å². The molecule has 0 aliphatic heterocycles. The molecule has 0 aromatic heterocycles. The number of rotatable bonds is 14. The van der Waals surface area contributed by atoms with E-state index in [1.807, 2.05) is 48.5 Å². The molecule has 38 heavy (non-hydrogen) atoms. The zero-order chi connectivity index (χ0) is 27.2. The van der Waals surface area contributed by atoms with Crippen LogP contribution in [0, 0.1) is 0 Å². The summed E-state index contributed by atoms with van der Waals surface area (Å²) in [7, 11) is 0. The quantitative estimate of drug-likeness (QED) is 0.118. The summed E-state index contributed by atoms with van der Waals surface area (Å²) < 4.78 is 11.2. The molecule has 2 amide bonds. The standard InChI is InChI=1S/C29H29Cl2N3O4/c1-2-16-37-26-12-7-6-11-22(26)20-32-34-29(36)25(18-21-9-4-3-5-10-21)33-28(35)13-8-17-38-27-15-14-23(30)19-24(27)31/h2-7,9-12,14-15,19-20,25H,1,8,13,16-18H2,(H,33,35)(H,34,36)/b32-20-/t25-/m1/s1. The van der Waals surface area contributed by atoms with E-state index >= 15 is 0 Å². The van der Waals surface area contributed by atoms with Crippen LogP contribution in [-0.2, 0) is 16.0 Å². The van der Waals surface area contributed by atoms with Crippen LogP contribution in [0.4, 0.5) is 0 Å². The van der Waals surface area contributed by atoms with Gasteiger partial charge in [-0.15, -0.1) is 0 Å². The van der Waals surface area contributed by atoms with Gasteiger partial charge in [0, 0.05) is 23.4 Å². The van der Waals surface area contributed by atoms with Crippen LogP contribution in [0.15, 0.2) is 90.6 Å². The highest BCUT2D eigenvalue weighted by Gasteiger charge is 2.21. The molecule has 0 bridgehead atoms. The number of para-hydroxylation sites is 1. The maximum Gasteiger partial charge on any atom is 0.262 e. The first-order chi connectivity index (χ1) is 18.5. The van der Waals surface area contributed by atoms with Gasteiger partial charge in [-0.1, -0.05) is 78.3 Å². The fraction of sp³-hybridized carbons (Fsp3) is 0.207. The summed E-state index contributed by atoms with van der Waals surface area (Å²) in [5.74, 6) is 0.389.